The molecule has 1 aromatic heterocycles. The maximum absolute atomic E-state index is 11.5. The molecular formula is C11H11NO3. The highest BCUT2D eigenvalue weighted by Crippen LogP contribution is 2.20. The molecule has 1 aromatic carbocycles. The van der Waals surface area contributed by atoms with Crippen molar-refractivity contribution in [3.8, 4) is 5.75 Å². The van der Waals surface area contributed by atoms with E-state index in [2.05, 4.69) is 0 Å². The van der Waals surface area contributed by atoms with E-state index in [0.717, 1.165) is 10.9 Å². The number of benzene rings is 1. The first-order chi connectivity index (χ1) is 7.22. The van der Waals surface area contributed by atoms with E-state index in [4.69, 9.17) is 4.74 Å². The number of fused-ring (bicyclic) bond motifs is 1. The van der Waals surface area contributed by atoms with Crippen LogP contribution in [0.25, 0.3) is 10.9 Å². The van der Waals surface area contributed by atoms with Crippen LogP contribution in [0, 0.1) is 0 Å². The average molecular weight is 205 g/mol. The number of rotatable bonds is 1. The highest BCUT2D eigenvalue weighted by atomic mass is 16.5. The van der Waals surface area contributed by atoms with Crippen LogP contribution in [0.5, 0.6) is 5.75 Å². The molecule has 4 heteroatoms. The molecule has 0 amide bonds. The lowest BCUT2D eigenvalue weighted by Crippen LogP contribution is -2.11. The van der Waals surface area contributed by atoms with E-state index >= 15 is 0 Å². The zero-order chi connectivity index (χ0) is 10.8. The summed E-state index contributed by atoms with van der Waals surface area (Å²) >= 11 is 0. The van der Waals surface area contributed by atoms with Crippen LogP contribution in [-0.4, -0.2) is 22.4 Å². The molecule has 1 N–H and O–H groups in total. The molecule has 4 nitrogen and oxygen atoms in total. The van der Waals surface area contributed by atoms with Crippen molar-refractivity contribution in [2.75, 3.05) is 6.61 Å². The number of nitrogens with zero attached hydrogens (tertiary/aromatic N) is 1. The van der Waals surface area contributed by atoms with Crippen molar-refractivity contribution in [3.05, 3.63) is 30.5 Å². The molecule has 0 unspecified atom stereocenters. The van der Waals surface area contributed by atoms with Crippen molar-refractivity contribution in [1.29, 1.82) is 0 Å². The van der Waals surface area contributed by atoms with Crippen LogP contribution in [0.1, 0.15) is 6.92 Å². The maximum atomic E-state index is 11.5. The Bertz CT molecular complexity index is 502. The molecule has 0 aliphatic carbocycles. The number of hydrogen-bond acceptors (Lipinski definition) is 3. The third kappa shape index (κ3) is 1.66. The Labute approximate surface area is 86.7 Å². The molecule has 0 atom stereocenters. The minimum atomic E-state index is -0.404. The van der Waals surface area contributed by atoms with Gasteiger partial charge in [0.15, 0.2) is 0 Å². The number of phenols is 1. The second kappa shape index (κ2) is 3.65. The molecule has 0 aliphatic rings. The van der Waals surface area contributed by atoms with E-state index in [1.165, 1.54) is 10.6 Å². The van der Waals surface area contributed by atoms with Crippen LogP contribution < -0.4 is 0 Å². The predicted octanol–water partition coefficient (Wildman–Crippen LogP) is 2.35. The van der Waals surface area contributed by atoms with Gasteiger partial charge in [-0.05, 0) is 31.2 Å². The number of hydrogen-bond donors (Lipinski definition) is 1. The number of carbonyl (C=O) groups is 1. The van der Waals surface area contributed by atoms with Crippen LogP contribution in [-0.2, 0) is 4.74 Å². The van der Waals surface area contributed by atoms with Crippen molar-refractivity contribution in [2.24, 2.45) is 0 Å². The topological polar surface area (TPSA) is 51.5 Å². The van der Waals surface area contributed by atoms with Crippen LogP contribution in [0.2, 0.25) is 0 Å². The SMILES string of the molecule is CCOC(=O)n1ccc2cc(O)ccc21. The van der Waals surface area contributed by atoms with Crippen molar-refractivity contribution in [3.63, 3.8) is 0 Å². The van der Waals surface area contributed by atoms with Gasteiger partial charge in [0, 0.05) is 11.6 Å². The van der Waals surface area contributed by atoms with Gasteiger partial charge in [0.1, 0.15) is 5.75 Å². The van der Waals surface area contributed by atoms with Crippen molar-refractivity contribution < 1.29 is 14.6 Å². The van der Waals surface area contributed by atoms with Gasteiger partial charge in [-0.1, -0.05) is 0 Å². The molecule has 0 bridgehead atoms. The summed E-state index contributed by atoms with van der Waals surface area (Å²) in [4.78, 5) is 11.5. The quantitative estimate of drug-likeness (QED) is 0.777. The van der Waals surface area contributed by atoms with Gasteiger partial charge in [0.2, 0.25) is 0 Å². The molecule has 0 saturated heterocycles. The van der Waals surface area contributed by atoms with Gasteiger partial charge in [-0.2, -0.15) is 0 Å². The Morgan fingerprint density at radius 3 is 3.00 bits per heavy atom. The predicted molar refractivity (Wildman–Crippen MR) is 56.0 cm³/mol. The summed E-state index contributed by atoms with van der Waals surface area (Å²) in [5, 5.41) is 10.1. The number of carbonyl (C=O) groups excluding carboxylic acids is 1. The Kier molecular flexibility index (Phi) is 2.33. The molecule has 0 fully saturated rings. The standard InChI is InChI=1S/C11H11NO3/c1-2-15-11(14)12-6-5-8-7-9(13)3-4-10(8)12/h3-7,13H,2H2,1H3. The van der Waals surface area contributed by atoms with E-state index < -0.39 is 6.09 Å². The largest absolute Gasteiger partial charge is 0.508 e. The highest BCUT2D eigenvalue weighted by Gasteiger charge is 2.09. The molecule has 0 spiro atoms. The average Bonchev–Trinajstić information content (AvgIpc) is 2.60. The normalized spacial score (nSPS) is 10.5. The molecule has 2 aromatic rings. The smallest absolute Gasteiger partial charge is 0.418 e. The van der Waals surface area contributed by atoms with E-state index in [9.17, 15) is 9.90 Å². The monoisotopic (exact) mass is 205 g/mol. The first-order valence-electron chi connectivity index (χ1n) is 4.69. The van der Waals surface area contributed by atoms with E-state index in [-0.39, 0.29) is 5.75 Å². The van der Waals surface area contributed by atoms with Crippen LogP contribution >= 0.6 is 0 Å². The van der Waals surface area contributed by atoms with Crippen LogP contribution in [0.3, 0.4) is 0 Å². The molecule has 0 saturated carbocycles. The van der Waals surface area contributed by atoms with Crippen LogP contribution in [0.4, 0.5) is 4.79 Å². The van der Waals surface area contributed by atoms with Gasteiger partial charge < -0.3 is 9.84 Å². The Morgan fingerprint density at radius 2 is 2.27 bits per heavy atom. The number of ether oxygens (including phenoxy) is 1. The van der Waals surface area contributed by atoms with Crippen LogP contribution in [0.15, 0.2) is 30.5 Å². The fourth-order valence-electron chi connectivity index (χ4n) is 1.48. The summed E-state index contributed by atoms with van der Waals surface area (Å²) in [6.07, 6.45) is 1.22. The molecule has 0 radical (unpaired) electrons. The minimum Gasteiger partial charge on any atom is -0.508 e. The number of aromatic nitrogens is 1. The molecule has 78 valence electrons. The summed E-state index contributed by atoms with van der Waals surface area (Å²) in [6.45, 7) is 2.10. The number of phenolic OH excluding ortho intramolecular Hbond substituents is 1. The lowest BCUT2D eigenvalue weighted by molar-refractivity contribution is 0.155. The molecule has 2 rings (SSSR count). The first kappa shape index (κ1) is 9.58. The summed E-state index contributed by atoms with van der Waals surface area (Å²) in [7, 11) is 0. The molecular weight excluding hydrogens is 194 g/mol. The van der Waals surface area contributed by atoms with E-state index in [1.54, 1.807) is 31.3 Å². The van der Waals surface area contributed by atoms with Gasteiger partial charge in [-0.3, -0.25) is 4.57 Å². The van der Waals surface area contributed by atoms with Gasteiger partial charge in [0.05, 0.1) is 12.1 Å². The summed E-state index contributed by atoms with van der Waals surface area (Å²) in [6, 6.07) is 6.58. The van der Waals surface area contributed by atoms with E-state index in [1.807, 2.05) is 0 Å². The lowest BCUT2D eigenvalue weighted by atomic mass is 10.2. The second-order valence-corrected chi connectivity index (χ2v) is 3.13. The zero-order valence-electron chi connectivity index (χ0n) is 8.30. The maximum Gasteiger partial charge on any atom is 0.418 e. The molecule has 0 aliphatic heterocycles. The van der Waals surface area contributed by atoms with Crippen molar-refractivity contribution in [2.45, 2.75) is 6.92 Å². The van der Waals surface area contributed by atoms with Crippen molar-refractivity contribution >= 4 is 17.0 Å². The number of aromatic hydroxyl groups is 1. The summed E-state index contributed by atoms with van der Waals surface area (Å²) in [5.41, 5.74) is 0.728. The van der Waals surface area contributed by atoms with Crippen molar-refractivity contribution in [1.82, 2.24) is 4.57 Å². The van der Waals surface area contributed by atoms with Gasteiger partial charge >= 0.3 is 6.09 Å². The fraction of sp³-hybridized carbons (Fsp3) is 0.182. The minimum absolute atomic E-state index is 0.184. The fourth-order valence-corrected chi connectivity index (χ4v) is 1.48. The Hall–Kier alpha value is -1.97. The Balaban J connectivity index is 2.49. The van der Waals surface area contributed by atoms with E-state index in [0.29, 0.717) is 6.61 Å². The summed E-state index contributed by atoms with van der Waals surface area (Å²) < 4.78 is 6.30. The molecule has 15 heavy (non-hydrogen) atoms. The van der Waals surface area contributed by atoms with Gasteiger partial charge in [-0.25, -0.2) is 4.79 Å². The summed E-state index contributed by atoms with van der Waals surface area (Å²) in [5.74, 6) is 0.184. The third-order valence-electron chi connectivity index (χ3n) is 2.14. The zero-order valence-corrected chi connectivity index (χ0v) is 8.30. The first-order valence-corrected chi connectivity index (χ1v) is 4.69. The highest BCUT2D eigenvalue weighted by molar-refractivity contribution is 5.90. The lowest BCUT2D eigenvalue weighted by Gasteiger charge is -2.03. The van der Waals surface area contributed by atoms with Gasteiger partial charge in [-0.15, -0.1) is 0 Å². The third-order valence-corrected chi connectivity index (χ3v) is 2.14. The Morgan fingerprint density at radius 1 is 1.47 bits per heavy atom. The van der Waals surface area contributed by atoms with Gasteiger partial charge in [0.25, 0.3) is 0 Å². The second-order valence-electron chi connectivity index (χ2n) is 3.13. The molecule has 1 heterocycles.